The van der Waals surface area contributed by atoms with Gasteiger partial charge in [-0.3, -0.25) is 0 Å². The van der Waals surface area contributed by atoms with E-state index in [0.717, 1.165) is 12.8 Å². The van der Waals surface area contributed by atoms with Crippen molar-refractivity contribution in [2.24, 2.45) is 5.73 Å². The van der Waals surface area contributed by atoms with E-state index in [-0.39, 0.29) is 5.02 Å². The minimum absolute atomic E-state index is 0.0409. The first-order chi connectivity index (χ1) is 6.03. The zero-order chi connectivity index (χ0) is 9.64. The lowest BCUT2D eigenvalue weighted by atomic mass is 10.1. The Hall–Kier alpha value is -0.310. The molecule has 0 saturated heterocycles. The minimum Gasteiger partial charge on any atom is -0.321 e. The SMILES string of the molecule is NC1(c2cc(Cl)cc(Cl)c2F)CC1. The highest BCUT2D eigenvalue weighted by molar-refractivity contribution is 6.34. The molecule has 1 nitrogen and oxygen atoms in total. The van der Waals surface area contributed by atoms with E-state index in [2.05, 4.69) is 0 Å². The van der Waals surface area contributed by atoms with Gasteiger partial charge in [0.1, 0.15) is 5.82 Å². The Balaban J connectivity index is 2.56. The number of hydrogen-bond donors (Lipinski definition) is 1. The van der Waals surface area contributed by atoms with Crippen molar-refractivity contribution in [3.8, 4) is 0 Å². The van der Waals surface area contributed by atoms with Crippen LogP contribution in [0.15, 0.2) is 12.1 Å². The molecule has 2 N–H and O–H groups in total. The fourth-order valence-corrected chi connectivity index (χ4v) is 1.82. The average molecular weight is 220 g/mol. The lowest BCUT2D eigenvalue weighted by molar-refractivity contribution is 0.578. The van der Waals surface area contributed by atoms with Crippen molar-refractivity contribution in [3.05, 3.63) is 33.6 Å². The molecule has 4 heteroatoms. The third-order valence-electron chi connectivity index (χ3n) is 2.32. The molecule has 70 valence electrons. The van der Waals surface area contributed by atoms with Crippen molar-refractivity contribution < 1.29 is 4.39 Å². The van der Waals surface area contributed by atoms with Crippen LogP contribution in [0, 0.1) is 5.82 Å². The highest BCUT2D eigenvalue weighted by Crippen LogP contribution is 2.45. The van der Waals surface area contributed by atoms with Gasteiger partial charge in [0.15, 0.2) is 0 Å². The maximum Gasteiger partial charge on any atom is 0.146 e. The molecule has 0 amide bonds. The Labute approximate surface area is 85.6 Å². The van der Waals surface area contributed by atoms with Gasteiger partial charge in [-0.2, -0.15) is 0 Å². The Kier molecular flexibility index (Phi) is 2.02. The number of nitrogens with two attached hydrogens (primary N) is 1. The molecule has 1 aliphatic carbocycles. The van der Waals surface area contributed by atoms with E-state index in [1.54, 1.807) is 6.07 Å². The van der Waals surface area contributed by atoms with Gasteiger partial charge < -0.3 is 5.73 Å². The predicted octanol–water partition coefficient (Wildman–Crippen LogP) is 3.08. The van der Waals surface area contributed by atoms with E-state index in [9.17, 15) is 4.39 Å². The van der Waals surface area contributed by atoms with Crippen LogP contribution in [0.1, 0.15) is 18.4 Å². The quantitative estimate of drug-likeness (QED) is 0.723. The van der Waals surface area contributed by atoms with Gasteiger partial charge in [0.2, 0.25) is 0 Å². The molecular weight excluding hydrogens is 212 g/mol. The van der Waals surface area contributed by atoms with Gasteiger partial charge in [-0.05, 0) is 25.0 Å². The third-order valence-corrected chi connectivity index (χ3v) is 2.81. The average Bonchev–Trinajstić information content (AvgIpc) is 2.77. The summed E-state index contributed by atoms with van der Waals surface area (Å²) in [7, 11) is 0. The first-order valence-electron chi connectivity index (χ1n) is 3.97. The van der Waals surface area contributed by atoms with Crippen molar-refractivity contribution >= 4 is 23.2 Å². The molecule has 1 aromatic carbocycles. The van der Waals surface area contributed by atoms with Crippen LogP contribution in [0.2, 0.25) is 10.0 Å². The zero-order valence-electron chi connectivity index (χ0n) is 6.78. The first kappa shape index (κ1) is 9.25. The minimum atomic E-state index is -0.529. The standard InChI is InChI=1S/C9H8Cl2FN/c10-5-3-6(9(13)1-2-9)8(12)7(11)4-5/h3-4H,1-2,13H2. The summed E-state index contributed by atoms with van der Waals surface area (Å²) in [5.74, 6) is -0.439. The second-order valence-electron chi connectivity index (χ2n) is 3.41. The Morgan fingerprint density at radius 1 is 1.31 bits per heavy atom. The van der Waals surface area contributed by atoms with Crippen molar-refractivity contribution in [1.29, 1.82) is 0 Å². The van der Waals surface area contributed by atoms with Gasteiger partial charge in [-0.15, -0.1) is 0 Å². The van der Waals surface area contributed by atoms with E-state index in [0.29, 0.717) is 10.6 Å². The van der Waals surface area contributed by atoms with Gasteiger partial charge in [0.05, 0.1) is 5.02 Å². The molecule has 0 unspecified atom stereocenters. The van der Waals surface area contributed by atoms with E-state index in [1.165, 1.54) is 6.07 Å². The number of rotatable bonds is 1. The van der Waals surface area contributed by atoms with Gasteiger partial charge >= 0.3 is 0 Å². The summed E-state index contributed by atoms with van der Waals surface area (Å²) < 4.78 is 13.4. The molecular formula is C9H8Cl2FN. The van der Waals surface area contributed by atoms with E-state index >= 15 is 0 Å². The first-order valence-corrected chi connectivity index (χ1v) is 4.72. The monoisotopic (exact) mass is 219 g/mol. The van der Waals surface area contributed by atoms with Crippen molar-refractivity contribution in [2.75, 3.05) is 0 Å². The summed E-state index contributed by atoms with van der Waals surface area (Å²) in [5, 5.41) is 0.470. The maximum atomic E-state index is 13.4. The summed E-state index contributed by atoms with van der Waals surface area (Å²) in [6, 6.07) is 2.93. The lowest BCUT2D eigenvalue weighted by Crippen LogP contribution is -2.20. The molecule has 2 rings (SSSR count). The number of benzene rings is 1. The van der Waals surface area contributed by atoms with Crippen molar-refractivity contribution in [1.82, 2.24) is 0 Å². The topological polar surface area (TPSA) is 26.0 Å². The van der Waals surface area contributed by atoms with Crippen molar-refractivity contribution in [3.63, 3.8) is 0 Å². The van der Waals surface area contributed by atoms with Crippen LogP contribution in [-0.2, 0) is 5.54 Å². The summed E-state index contributed by atoms with van der Waals surface area (Å²) in [5.41, 5.74) is 5.76. The second kappa shape index (κ2) is 2.84. The van der Waals surface area contributed by atoms with Crippen LogP contribution in [0.3, 0.4) is 0 Å². The molecule has 1 aromatic rings. The van der Waals surface area contributed by atoms with Crippen molar-refractivity contribution in [2.45, 2.75) is 18.4 Å². The van der Waals surface area contributed by atoms with E-state index in [4.69, 9.17) is 28.9 Å². The molecule has 13 heavy (non-hydrogen) atoms. The van der Waals surface area contributed by atoms with E-state index in [1.807, 2.05) is 0 Å². The van der Waals surface area contributed by atoms with Gasteiger partial charge in [-0.25, -0.2) is 4.39 Å². The van der Waals surface area contributed by atoms with Crippen LogP contribution in [-0.4, -0.2) is 0 Å². The smallest absolute Gasteiger partial charge is 0.146 e. The van der Waals surface area contributed by atoms with Crippen LogP contribution >= 0.6 is 23.2 Å². The molecule has 0 spiro atoms. The van der Waals surface area contributed by atoms with Gasteiger partial charge in [-0.1, -0.05) is 23.2 Å². The van der Waals surface area contributed by atoms with Gasteiger partial charge in [0.25, 0.3) is 0 Å². The third kappa shape index (κ3) is 1.54. The molecule has 0 aliphatic heterocycles. The molecule has 1 fully saturated rings. The highest BCUT2D eigenvalue weighted by atomic mass is 35.5. The van der Waals surface area contributed by atoms with Crippen LogP contribution in [0.25, 0.3) is 0 Å². The normalized spacial score (nSPS) is 18.8. The Morgan fingerprint density at radius 3 is 2.46 bits per heavy atom. The summed E-state index contributed by atoms with van der Waals surface area (Å²) >= 11 is 11.4. The molecule has 0 atom stereocenters. The summed E-state index contributed by atoms with van der Waals surface area (Å²) in [6.07, 6.45) is 1.58. The zero-order valence-corrected chi connectivity index (χ0v) is 8.29. The molecule has 1 saturated carbocycles. The Morgan fingerprint density at radius 2 is 1.92 bits per heavy atom. The molecule has 0 radical (unpaired) electrons. The summed E-state index contributed by atoms with van der Waals surface area (Å²) in [4.78, 5) is 0. The van der Waals surface area contributed by atoms with Crippen LogP contribution < -0.4 is 5.73 Å². The molecule has 0 aromatic heterocycles. The van der Waals surface area contributed by atoms with E-state index < -0.39 is 11.4 Å². The fourth-order valence-electron chi connectivity index (χ4n) is 1.32. The fraction of sp³-hybridized carbons (Fsp3) is 0.333. The molecule has 0 heterocycles. The predicted molar refractivity (Wildman–Crippen MR) is 51.5 cm³/mol. The van der Waals surface area contributed by atoms with Gasteiger partial charge in [0, 0.05) is 16.1 Å². The Bertz CT molecular complexity index is 361. The maximum absolute atomic E-state index is 13.4. The van der Waals surface area contributed by atoms with Crippen LogP contribution in [0.4, 0.5) is 4.39 Å². The number of hydrogen-bond acceptors (Lipinski definition) is 1. The largest absolute Gasteiger partial charge is 0.321 e. The highest BCUT2D eigenvalue weighted by Gasteiger charge is 2.42. The summed E-state index contributed by atoms with van der Waals surface area (Å²) in [6.45, 7) is 0. The number of halogens is 3. The molecule has 0 bridgehead atoms. The molecule has 1 aliphatic rings. The van der Waals surface area contributed by atoms with Crippen LogP contribution in [0.5, 0.6) is 0 Å². The second-order valence-corrected chi connectivity index (χ2v) is 4.25. The lowest BCUT2D eigenvalue weighted by Gasteiger charge is -2.11.